The van der Waals surface area contributed by atoms with Gasteiger partial charge in [0.05, 0.1) is 18.3 Å². The fraction of sp³-hybridized carbons (Fsp3) is 0.611. The van der Waals surface area contributed by atoms with Crippen molar-refractivity contribution < 1.29 is 19.1 Å². The molecule has 1 unspecified atom stereocenters. The number of carboxylic acids is 1. The van der Waals surface area contributed by atoms with Crippen LogP contribution in [0.5, 0.6) is 0 Å². The number of ether oxygens (including phenoxy) is 1. The molecule has 0 aliphatic carbocycles. The quantitative estimate of drug-likeness (QED) is 0.689. The molecule has 0 heterocycles. The first-order valence-electron chi connectivity index (χ1n) is 8.23. The largest absolute Gasteiger partial charge is 0.478 e. The molecule has 0 aromatic heterocycles. The van der Waals surface area contributed by atoms with Crippen molar-refractivity contribution >= 4 is 15.0 Å². The van der Waals surface area contributed by atoms with Crippen molar-refractivity contribution in [2.45, 2.75) is 59.4 Å². The first-order chi connectivity index (χ1) is 10.7. The molecule has 0 spiro atoms. The number of carboxylic acid groups (broad SMARTS) is 1. The highest BCUT2D eigenvalue weighted by molar-refractivity contribution is 6.48. The lowest BCUT2D eigenvalue weighted by Crippen LogP contribution is -2.24. The fourth-order valence-electron chi connectivity index (χ4n) is 2.32. The fourth-order valence-corrected chi connectivity index (χ4v) is 2.93. The Bertz CT molecular complexity index is 477. The highest BCUT2D eigenvalue weighted by Crippen LogP contribution is 2.25. The molecule has 5 heteroatoms. The van der Waals surface area contributed by atoms with Gasteiger partial charge in [0.15, 0.2) is 9.04 Å². The van der Waals surface area contributed by atoms with E-state index < -0.39 is 15.0 Å². The zero-order valence-corrected chi connectivity index (χ0v) is 16.1. The molecular weight excluding hydrogens is 308 g/mol. The summed E-state index contributed by atoms with van der Waals surface area (Å²) in [6.45, 7) is 12.2. The highest BCUT2D eigenvalue weighted by Gasteiger charge is 2.19. The Balaban J connectivity index is 2.56. The molecule has 1 aromatic rings. The molecule has 0 amide bonds. The summed E-state index contributed by atoms with van der Waals surface area (Å²) in [7, 11) is -0.989. The van der Waals surface area contributed by atoms with Gasteiger partial charge >= 0.3 is 5.97 Å². The predicted molar refractivity (Wildman–Crippen MR) is 95.5 cm³/mol. The van der Waals surface area contributed by atoms with Crippen LogP contribution in [0.4, 0.5) is 0 Å². The minimum absolute atomic E-state index is 0.155. The van der Waals surface area contributed by atoms with Crippen LogP contribution in [-0.4, -0.2) is 32.8 Å². The summed E-state index contributed by atoms with van der Waals surface area (Å²) in [5.41, 5.74) is 1.50. The number of hydrogen-bond acceptors (Lipinski definition) is 3. The Morgan fingerprint density at radius 1 is 1.22 bits per heavy atom. The van der Waals surface area contributed by atoms with E-state index in [0.29, 0.717) is 12.2 Å². The number of carbonyl (C=O) groups is 1. The SMILES string of the molecule is C[SiH](C)OCCC(CC(C)(C)C)OCc1ccc(C(=O)O)cc1. The van der Waals surface area contributed by atoms with Gasteiger partial charge in [-0.25, -0.2) is 4.79 Å². The summed E-state index contributed by atoms with van der Waals surface area (Å²) >= 11 is 0. The van der Waals surface area contributed by atoms with E-state index in [4.69, 9.17) is 14.3 Å². The first kappa shape index (κ1) is 19.9. The van der Waals surface area contributed by atoms with Crippen LogP contribution in [0.25, 0.3) is 0 Å². The zero-order chi connectivity index (χ0) is 17.5. The molecule has 0 bridgehead atoms. The third kappa shape index (κ3) is 8.88. The molecular formula is C18H30O4Si. The molecule has 0 saturated heterocycles. The maximum absolute atomic E-state index is 10.9. The number of hydrogen-bond donors (Lipinski definition) is 1. The van der Waals surface area contributed by atoms with Gasteiger partial charge in [-0.15, -0.1) is 0 Å². The monoisotopic (exact) mass is 338 g/mol. The van der Waals surface area contributed by atoms with E-state index in [9.17, 15) is 4.79 Å². The molecule has 1 rings (SSSR count). The molecule has 130 valence electrons. The van der Waals surface area contributed by atoms with Crippen LogP contribution in [0.2, 0.25) is 13.1 Å². The molecule has 0 aliphatic rings. The molecule has 0 fully saturated rings. The number of rotatable bonds is 9. The van der Waals surface area contributed by atoms with Crippen molar-refractivity contribution in [3.05, 3.63) is 35.4 Å². The topological polar surface area (TPSA) is 55.8 Å². The van der Waals surface area contributed by atoms with Gasteiger partial charge in [-0.2, -0.15) is 0 Å². The van der Waals surface area contributed by atoms with Crippen molar-refractivity contribution in [3.63, 3.8) is 0 Å². The average molecular weight is 339 g/mol. The second-order valence-corrected chi connectivity index (χ2v) is 9.84. The van der Waals surface area contributed by atoms with Gasteiger partial charge < -0.3 is 14.3 Å². The number of aromatic carboxylic acids is 1. The number of benzene rings is 1. The van der Waals surface area contributed by atoms with Gasteiger partial charge in [-0.05, 0) is 49.0 Å². The van der Waals surface area contributed by atoms with Crippen molar-refractivity contribution in [1.29, 1.82) is 0 Å². The third-order valence-electron chi connectivity index (χ3n) is 3.42. The van der Waals surface area contributed by atoms with Gasteiger partial charge in [0.1, 0.15) is 0 Å². The molecule has 23 heavy (non-hydrogen) atoms. The maximum atomic E-state index is 10.9. The third-order valence-corrected chi connectivity index (χ3v) is 4.32. The Labute approximate surface area is 141 Å². The molecule has 0 saturated carbocycles. The Morgan fingerprint density at radius 2 is 1.83 bits per heavy atom. The van der Waals surface area contributed by atoms with Gasteiger partial charge in [0.25, 0.3) is 0 Å². The predicted octanol–water partition coefficient (Wildman–Crippen LogP) is 4.10. The Hall–Kier alpha value is -1.17. The van der Waals surface area contributed by atoms with Crippen molar-refractivity contribution in [1.82, 2.24) is 0 Å². The van der Waals surface area contributed by atoms with Crippen molar-refractivity contribution in [3.8, 4) is 0 Å². The summed E-state index contributed by atoms with van der Waals surface area (Å²) in [6.07, 6.45) is 2.03. The normalized spacial score (nSPS) is 13.3. The van der Waals surface area contributed by atoms with Crippen LogP contribution < -0.4 is 0 Å². The molecule has 0 radical (unpaired) electrons. The highest BCUT2D eigenvalue weighted by atomic mass is 28.3. The van der Waals surface area contributed by atoms with Crippen LogP contribution >= 0.6 is 0 Å². The lowest BCUT2D eigenvalue weighted by atomic mass is 9.88. The van der Waals surface area contributed by atoms with Gasteiger partial charge in [-0.1, -0.05) is 32.9 Å². The van der Waals surface area contributed by atoms with Gasteiger partial charge in [0, 0.05) is 6.61 Å². The van der Waals surface area contributed by atoms with Crippen molar-refractivity contribution in [2.24, 2.45) is 5.41 Å². The summed E-state index contributed by atoms with van der Waals surface area (Å²) in [6, 6.07) is 6.87. The van der Waals surface area contributed by atoms with E-state index in [1.807, 2.05) is 12.1 Å². The van der Waals surface area contributed by atoms with E-state index in [1.54, 1.807) is 12.1 Å². The van der Waals surface area contributed by atoms with Gasteiger partial charge in [-0.3, -0.25) is 0 Å². The average Bonchev–Trinajstić information content (AvgIpc) is 2.43. The molecule has 1 aromatic carbocycles. The summed E-state index contributed by atoms with van der Waals surface area (Å²) in [4.78, 5) is 10.9. The Kier molecular flexibility index (Phi) is 7.95. The van der Waals surface area contributed by atoms with Crippen LogP contribution in [-0.2, 0) is 15.8 Å². The summed E-state index contributed by atoms with van der Waals surface area (Å²) < 4.78 is 11.8. The van der Waals surface area contributed by atoms with Crippen LogP contribution in [0.3, 0.4) is 0 Å². The smallest absolute Gasteiger partial charge is 0.335 e. The minimum Gasteiger partial charge on any atom is -0.478 e. The van der Waals surface area contributed by atoms with Crippen LogP contribution in [0, 0.1) is 5.41 Å². The maximum Gasteiger partial charge on any atom is 0.335 e. The molecule has 0 aliphatic heterocycles. The molecule has 1 N–H and O–H groups in total. The second kappa shape index (κ2) is 9.20. The first-order valence-corrected chi connectivity index (χ1v) is 11.0. The van der Waals surface area contributed by atoms with E-state index in [1.165, 1.54) is 0 Å². The van der Waals surface area contributed by atoms with E-state index >= 15 is 0 Å². The van der Waals surface area contributed by atoms with Gasteiger partial charge in [0.2, 0.25) is 0 Å². The minimum atomic E-state index is -0.989. The Morgan fingerprint density at radius 3 is 2.30 bits per heavy atom. The standard InChI is InChI=1S/C18H30O4Si/c1-18(2,3)12-16(10-11-22-23(4)5)21-13-14-6-8-15(9-7-14)17(19)20/h6-9,16,23H,10-13H2,1-5H3,(H,19,20). The van der Waals surface area contributed by atoms with Crippen molar-refractivity contribution in [2.75, 3.05) is 6.61 Å². The van der Waals surface area contributed by atoms with E-state index in [0.717, 1.165) is 25.0 Å². The lowest BCUT2D eigenvalue weighted by molar-refractivity contribution is 0.00198. The summed E-state index contributed by atoms with van der Waals surface area (Å²) in [5.74, 6) is -0.905. The zero-order valence-electron chi connectivity index (χ0n) is 15.0. The lowest BCUT2D eigenvalue weighted by Gasteiger charge is -2.26. The molecule has 1 atom stereocenters. The van der Waals surface area contributed by atoms with E-state index in [-0.39, 0.29) is 11.5 Å². The van der Waals surface area contributed by atoms with E-state index in [2.05, 4.69) is 33.9 Å². The summed E-state index contributed by atoms with van der Waals surface area (Å²) in [5, 5.41) is 8.92. The van der Waals surface area contributed by atoms with Crippen LogP contribution in [0.15, 0.2) is 24.3 Å². The molecule has 4 nitrogen and oxygen atoms in total. The second-order valence-electron chi connectivity index (χ2n) is 7.41. The van der Waals surface area contributed by atoms with Crippen LogP contribution in [0.1, 0.15) is 49.5 Å².